The van der Waals surface area contributed by atoms with Crippen LogP contribution >= 0.6 is 11.8 Å². The van der Waals surface area contributed by atoms with Gasteiger partial charge in [-0.1, -0.05) is 30.3 Å². The fraction of sp³-hybridized carbons (Fsp3) is 0.130. The summed E-state index contributed by atoms with van der Waals surface area (Å²) in [5.74, 6) is 0.779. The van der Waals surface area contributed by atoms with Crippen molar-refractivity contribution in [2.45, 2.75) is 11.8 Å². The molecule has 3 aromatic carbocycles. The van der Waals surface area contributed by atoms with Crippen molar-refractivity contribution in [3.63, 3.8) is 0 Å². The summed E-state index contributed by atoms with van der Waals surface area (Å²) in [7, 11) is 1.56. The predicted octanol–water partition coefficient (Wildman–Crippen LogP) is 5.23. The Morgan fingerprint density at radius 3 is 2.21 bits per heavy atom. The number of anilines is 1. The SMILES string of the molecule is COc1ccccc1C(=O)CSc1ccc(NC(=O)c2ccccc2C)cc1. The molecule has 0 unspecified atom stereocenters. The van der Waals surface area contributed by atoms with Gasteiger partial charge >= 0.3 is 0 Å². The van der Waals surface area contributed by atoms with Crippen molar-refractivity contribution in [2.24, 2.45) is 0 Å². The summed E-state index contributed by atoms with van der Waals surface area (Å²) >= 11 is 1.45. The highest BCUT2D eigenvalue weighted by molar-refractivity contribution is 8.00. The highest BCUT2D eigenvalue weighted by Crippen LogP contribution is 2.24. The Morgan fingerprint density at radius 1 is 0.893 bits per heavy atom. The first-order valence-electron chi connectivity index (χ1n) is 8.84. The lowest BCUT2D eigenvalue weighted by atomic mass is 10.1. The number of amides is 1. The van der Waals surface area contributed by atoms with Crippen molar-refractivity contribution < 1.29 is 14.3 Å². The molecule has 4 nitrogen and oxygen atoms in total. The van der Waals surface area contributed by atoms with Gasteiger partial charge < -0.3 is 10.1 Å². The Bertz CT molecular complexity index is 983. The fourth-order valence-corrected chi connectivity index (χ4v) is 3.54. The number of rotatable bonds is 7. The molecule has 142 valence electrons. The van der Waals surface area contributed by atoms with Gasteiger partial charge in [0.2, 0.25) is 0 Å². The number of carbonyl (C=O) groups is 2. The number of thioether (sulfide) groups is 1. The van der Waals surface area contributed by atoms with Crippen LogP contribution in [-0.4, -0.2) is 24.6 Å². The van der Waals surface area contributed by atoms with E-state index in [1.165, 1.54) is 11.8 Å². The van der Waals surface area contributed by atoms with Gasteiger partial charge in [-0.2, -0.15) is 0 Å². The van der Waals surface area contributed by atoms with Gasteiger partial charge in [-0.3, -0.25) is 9.59 Å². The minimum absolute atomic E-state index is 0.0133. The molecule has 0 saturated carbocycles. The van der Waals surface area contributed by atoms with E-state index in [1.54, 1.807) is 25.3 Å². The molecule has 1 amide bonds. The second-order valence-electron chi connectivity index (χ2n) is 6.21. The molecule has 0 atom stereocenters. The smallest absolute Gasteiger partial charge is 0.255 e. The summed E-state index contributed by atoms with van der Waals surface area (Å²) in [6.45, 7) is 1.91. The van der Waals surface area contributed by atoms with E-state index in [-0.39, 0.29) is 11.7 Å². The van der Waals surface area contributed by atoms with Crippen LogP contribution in [0.5, 0.6) is 5.75 Å². The number of ketones is 1. The molecule has 0 saturated heterocycles. The molecule has 0 aromatic heterocycles. The topological polar surface area (TPSA) is 55.4 Å². The third-order valence-corrected chi connectivity index (χ3v) is 5.29. The Labute approximate surface area is 168 Å². The van der Waals surface area contributed by atoms with Crippen LogP contribution in [-0.2, 0) is 0 Å². The van der Waals surface area contributed by atoms with E-state index in [1.807, 2.05) is 61.5 Å². The summed E-state index contributed by atoms with van der Waals surface area (Å²) < 4.78 is 5.25. The lowest BCUT2D eigenvalue weighted by Crippen LogP contribution is -2.13. The van der Waals surface area contributed by atoms with Crippen molar-refractivity contribution in [1.29, 1.82) is 0 Å². The maximum Gasteiger partial charge on any atom is 0.255 e. The van der Waals surface area contributed by atoms with Gasteiger partial charge in [-0.25, -0.2) is 0 Å². The summed E-state index contributed by atoms with van der Waals surface area (Å²) in [6, 6.07) is 22.2. The Morgan fingerprint density at radius 2 is 1.54 bits per heavy atom. The van der Waals surface area contributed by atoms with Crippen molar-refractivity contribution >= 4 is 29.1 Å². The van der Waals surface area contributed by atoms with Crippen LogP contribution in [0.1, 0.15) is 26.3 Å². The third kappa shape index (κ3) is 4.81. The highest BCUT2D eigenvalue weighted by atomic mass is 32.2. The standard InChI is InChI=1S/C23H21NO3S/c1-16-7-3-4-8-19(16)23(26)24-17-11-13-18(14-12-17)28-15-21(25)20-9-5-6-10-22(20)27-2/h3-14H,15H2,1-2H3,(H,24,26). The maximum atomic E-state index is 12.4. The number of carbonyl (C=O) groups excluding carboxylic acids is 2. The van der Waals surface area contributed by atoms with Gasteiger partial charge in [0.05, 0.1) is 18.4 Å². The molecule has 0 heterocycles. The van der Waals surface area contributed by atoms with E-state index in [0.717, 1.165) is 10.5 Å². The molecule has 0 aliphatic heterocycles. The summed E-state index contributed by atoms with van der Waals surface area (Å²) in [5, 5.41) is 2.90. The highest BCUT2D eigenvalue weighted by Gasteiger charge is 2.12. The first kappa shape index (κ1) is 19.7. The summed E-state index contributed by atoms with van der Waals surface area (Å²) in [6.07, 6.45) is 0. The predicted molar refractivity (Wildman–Crippen MR) is 114 cm³/mol. The number of hydrogen-bond donors (Lipinski definition) is 1. The maximum absolute atomic E-state index is 12.4. The van der Waals surface area contributed by atoms with Gasteiger partial charge in [-0.15, -0.1) is 11.8 Å². The number of nitrogens with one attached hydrogen (secondary N) is 1. The number of methoxy groups -OCH3 is 1. The molecule has 5 heteroatoms. The van der Waals surface area contributed by atoms with Gasteiger partial charge in [0, 0.05) is 16.1 Å². The molecule has 28 heavy (non-hydrogen) atoms. The summed E-state index contributed by atoms with van der Waals surface area (Å²) in [5.41, 5.74) is 2.89. The monoisotopic (exact) mass is 391 g/mol. The molecule has 0 aliphatic rings. The van der Waals surface area contributed by atoms with E-state index in [4.69, 9.17) is 4.74 Å². The van der Waals surface area contributed by atoms with Crippen LogP contribution in [0.4, 0.5) is 5.69 Å². The van der Waals surface area contributed by atoms with Gasteiger partial charge in [0.25, 0.3) is 5.91 Å². The van der Waals surface area contributed by atoms with Crippen molar-refractivity contribution in [1.82, 2.24) is 0 Å². The van der Waals surface area contributed by atoms with Crippen LogP contribution in [0.3, 0.4) is 0 Å². The normalized spacial score (nSPS) is 10.4. The van der Waals surface area contributed by atoms with E-state index >= 15 is 0 Å². The molecular formula is C23H21NO3S. The lowest BCUT2D eigenvalue weighted by Gasteiger charge is -2.09. The third-order valence-electron chi connectivity index (χ3n) is 4.28. The van der Waals surface area contributed by atoms with Gasteiger partial charge in [0.1, 0.15) is 5.75 Å². The Hall–Kier alpha value is -3.05. The van der Waals surface area contributed by atoms with E-state index in [2.05, 4.69) is 5.32 Å². The van der Waals surface area contributed by atoms with Crippen LogP contribution in [0.25, 0.3) is 0 Å². The van der Waals surface area contributed by atoms with Gasteiger partial charge in [-0.05, 0) is 55.0 Å². The molecule has 0 aliphatic carbocycles. The van der Waals surface area contributed by atoms with Crippen molar-refractivity contribution in [3.05, 3.63) is 89.5 Å². The number of ether oxygens (including phenoxy) is 1. The average molecular weight is 391 g/mol. The molecular weight excluding hydrogens is 370 g/mol. The van der Waals surface area contributed by atoms with Crippen molar-refractivity contribution in [3.8, 4) is 5.75 Å². The Balaban J connectivity index is 1.59. The molecule has 1 N–H and O–H groups in total. The minimum Gasteiger partial charge on any atom is -0.496 e. The van der Waals surface area contributed by atoms with E-state index < -0.39 is 0 Å². The number of hydrogen-bond acceptors (Lipinski definition) is 4. The van der Waals surface area contributed by atoms with Crippen LogP contribution in [0.15, 0.2) is 77.7 Å². The second-order valence-corrected chi connectivity index (χ2v) is 7.25. The second kappa shape index (κ2) is 9.24. The zero-order valence-corrected chi connectivity index (χ0v) is 16.6. The largest absolute Gasteiger partial charge is 0.496 e. The number of benzene rings is 3. The lowest BCUT2D eigenvalue weighted by molar-refractivity contribution is 0.101. The summed E-state index contributed by atoms with van der Waals surface area (Å²) in [4.78, 5) is 25.8. The van der Waals surface area contributed by atoms with E-state index in [0.29, 0.717) is 28.3 Å². The number of para-hydroxylation sites is 1. The molecule has 3 rings (SSSR count). The quantitative estimate of drug-likeness (QED) is 0.442. The minimum atomic E-state index is -0.134. The van der Waals surface area contributed by atoms with E-state index in [9.17, 15) is 9.59 Å². The molecule has 3 aromatic rings. The molecule has 0 bridgehead atoms. The fourth-order valence-electron chi connectivity index (χ4n) is 2.76. The molecule has 0 radical (unpaired) electrons. The molecule has 0 spiro atoms. The van der Waals surface area contributed by atoms with Crippen LogP contribution in [0.2, 0.25) is 0 Å². The van der Waals surface area contributed by atoms with Crippen molar-refractivity contribution in [2.75, 3.05) is 18.2 Å². The first-order valence-corrected chi connectivity index (χ1v) is 9.83. The zero-order valence-electron chi connectivity index (χ0n) is 15.8. The van der Waals surface area contributed by atoms with Gasteiger partial charge in [0.15, 0.2) is 5.78 Å². The Kier molecular flexibility index (Phi) is 6.50. The first-order chi connectivity index (χ1) is 13.6. The van der Waals surface area contributed by atoms with Crippen LogP contribution in [0, 0.1) is 6.92 Å². The number of aryl methyl sites for hydroxylation is 1. The van der Waals surface area contributed by atoms with Crippen LogP contribution < -0.4 is 10.1 Å². The number of Topliss-reactive ketones (excluding diaryl/α,β-unsaturated/α-hetero) is 1. The zero-order chi connectivity index (χ0) is 19.9. The average Bonchev–Trinajstić information content (AvgIpc) is 2.73. The molecule has 0 fully saturated rings.